The molecule has 0 amide bonds. The van der Waals surface area contributed by atoms with Crippen LogP contribution in [-0.4, -0.2) is 14.2 Å². The lowest BCUT2D eigenvalue weighted by Crippen LogP contribution is -2.06. The fourth-order valence-electron chi connectivity index (χ4n) is 1.99. The summed E-state index contributed by atoms with van der Waals surface area (Å²) >= 11 is 6.97. The fourth-order valence-corrected chi connectivity index (χ4v) is 2.88. The van der Waals surface area contributed by atoms with Crippen LogP contribution in [0.15, 0.2) is 39.3 Å². The second-order valence-corrected chi connectivity index (χ2v) is 6.35. The van der Waals surface area contributed by atoms with E-state index in [4.69, 9.17) is 9.47 Å². The minimum atomic E-state index is 0.739. The molecule has 21 heavy (non-hydrogen) atoms. The normalized spacial score (nSPS) is 10.5. The standard InChI is InChI=1S/C16H17Br2NO2/c1-10-6-12(5-4-11(10)9-19-2)21-16-8-13(17)15(20-3)7-14(16)18/h4-8,19H,9H2,1-3H3. The van der Waals surface area contributed by atoms with E-state index in [0.29, 0.717) is 0 Å². The lowest BCUT2D eigenvalue weighted by molar-refractivity contribution is 0.409. The Morgan fingerprint density at radius 3 is 2.33 bits per heavy atom. The third-order valence-electron chi connectivity index (χ3n) is 3.12. The number of nitrogens with one attached hydrogen (secondary N) is 1. The first kappa shape index (κ1) is 16.3. The molecule has 0 saturated carbocycles. The van der Waals surface area contributed by atoms with E-state index in [9.17, 15) is 0 Å². The van der Waals surface area contributed by atoms with Gasteiger partial charge < -0.3 is 14.8 Å². The number of rotatable bonds is 5. The van der Waals surface area contributed by atoms with Gasteiger partial charge in [-0.15, -0.1) is 0 Å². The van der Waals surface area contributed by atoms with Crippen LogP contribution in [-0.2, 0) is 6.54 Å². The molecule has 112 valence electrons. The van der Waals surface area contributed by atoms with Crippen molar-refractivity contribution >= 4 is 31.9 Å². The lowest BCUT2D eigenvalue weighted by Gasteiger charge is -2.12. The Morgan fingerprint density at radius 2 is 1.71 bits per heavy atom. The molecule has 2 aromatic carbocycles. The average molecular weight is 415 g/mol. The molecular formula is C16H17Br2NO2. The molecule has 0 heterocycles. The summed E-state index contributed by atoms with van der Waals surface area (Å²) in [6.45, 7) is 2.93. The summed E-state index contributed by atoms with van der Waals surface area (Å²) in [5, 5.41) is 3.15. The van der Waals surface area contributed by atoms with Crippen molar-refractivity contribution in [1.82, 2.24) is 5.32 Å². The van der Waals surface area contributed by atoms with Crippen LogP contribution < -0.4 is 14.8 Å². The maximum absolute atomic E-state index is 5.95. The summed E-state index contributed by atoms with van der Waals surface area (Å²) in [6.07, 6.45) is 0. The van der Waals surface area contributed by atoms with Gasteiger partial charge in [-0.05, 0) is 81.2 Å². The topological polar surface area (TPSA) is 30.5 Å². The molecule has 0 aliphatic heterocycles. The van der Waals surface area contributed by atoms with Gasteiger partial charge in [0.2, 0.25) is 0 Å². The third kappa shape index (κ3) is 3.99. The van der Waals surface area contributed by atoms with Gasteiger partial charge in [-0.2, -0.15) is 0 Å². The van der Waals surface area contributed by atoms with Crippen LogP contribution in [0.4, 0.5) is 0 Å². The molecule has 0 spiro atoms. The molecule has 0 radical (unpaired) electrons. The number of hydrogen-bond acceptors (Lipinski definition) is 3. The van der Waals surface area contributed by atoms with Crippen molar-refractivity contribution in [1.29, 1.82) is 0 Å². The Balaban J connectivity index is 2.26. The van der Waals surface area contributed by atoms with Crippen LogP contribution in [0.5, 0.6) is 17.2 Å². The van der Waals surface area contributed by atoms with E-state index in [1.807, 2.05) is 31.3 Å². The predicted molar refractivity (Wildman–Crippen MR) is 92.4 cm³/mol. The first-order valence-electron chi connectivity index (χ1n) is 6.50. The van der Waals surface area contributed by atoms with Gasteiger partial charge in [-0.1, -0.05) is 6.07 Å². The highest BCUT2D eigenvalue weighted by Gasteiger charge is 2.10. The summed E-state index contributed by atoms with van der Waals surface area (Å²) < 4.78 is 12.9. The van der Waals surface area contributed by atoms with E-state index >= 15 is 0 Å². The van der Waals surface area contributed by atoms with E-state index in [0.717, 1.165) is 32.7 Å². The van der Waals surface area contributed by atoms with Gasteiger partial charge in [-0.25, -0.2) is 0 Å². The zero-order valence-electron chi connectivity index (χ0n) is 12.2. The van der Waals surface area contributed by atoms with Crippen molar-refractivity contribution < 1.29 is 9.47 Å². The van der Waals surface area contributed by atoms with Crippen LogP contribution in [0.3, 0.4) is 0 Å². The summed E-state index contributed by atoms with van der Waals surface area (Å²) in [6, 6.07) is 9.86. The van der Waals surface area contributed by atoms with Crippen LogP contribution >= 0.6 is 31.9 Å². The first-order chi connectivity index (χ1) is 10.0. The molecule has 0 saturated heterocycles. The molecular weight excluding hydrogens is 398 g/mol. The molecule has 0 aliphatic rings. The first-order valence-corrected chi connectivity index (χ1v) is 8.08. The summed E-state index contributed by atoms with van der Waals surface area (Å²) in [4.78, 5) is 0. The molecule has 0 atom stereocenters. The van der Waals surface area contributed by atoms with E-state index in [-0.39, 0.29) is 0 Å². The molecule has 2 aromatic rings. The monoisotopic (exact) mass is 413 g/mol. The van der Waals surface area contributed by atoms with Gasteiger partial charge in [0.25, 0.3) is 0 Å². The van der Waals surface area contributed by atoms with Crippen molar-refractivity contribution in [2.45, 2.75) is 13.5 Å². The minimum absolute atomic E-state index is 0.739. The molecule has 2 rings (SSSR count). The number of hydrogen-bond donors (Lipinski definition) is 1. The van der Waals surface area contributed by atoms with E-state index in [1.165, 1.54) is 11.1 Å². The lowest BCUT2D eigenvalue weighted by atomic mass is 10.1. The largest absolute Gasteiger partial charge is 0.496 e. The van der Waals surface area contributed by atoms with E-state index in [1.54, 1.807) is 7.11 Å². The molecule has 3 nitrogen and oxygen atoms in total. The van der Waals surface area contributed by atoms with Crippen LogP contribution in [0.25, 0.3) is 0 Å². The summed E-state index contributed by atoms with van der Waals surface area (Å²) in [5.41, 5.74) is 2.46. The number of halogens is 2. The Hall–Kier alpha value is -1.04. The second-order valence-electron chi connectivity index (χ2n) is 4.64. The quantitative estimate of drug-likeness (QED) is 0.743. The Bertz CT molecular complexity index is 644. The molecule has 5 heteroatoms. The highest BCUT2D eigenvalue weighted by atomic mass is 79.9. The average Bonchev–Trinajstić information content (AvgIpc) is 2.45. The predicted octanol–water partition coefficient (Wildman–Crippen LogP) is 5.04. The molecule has 1 N–H and O–H groups in total. The van der Waals surface area contributed by atoms with Crippen molar-refractivity contribution in [2.24, 2.45) is 0 Å². The molecule has 0 unspecified atom stereocenters. The second kappa shape index (κ2) is 7.29. The zero-order chi connectivity index (χ0) is 15.4. The van der Waals surface area contributed by atoms with Gasteiger partial charge in [0.1, 0.15) is 17.2 Å². The van der Waals surface area contributed by atoms with Crippen molar-refractivity contribution in [3.63, 3.8) is 0 Å². The highest BCUT2D eigenvalue weighted by molar-refractivity contribution is 9.11. The van der Waals surface area contributed by atoms with Crippen LogP contribution in [0, 0.1) is 6.92 Å². The van der Waals surface area contributed by atoms with Crippen molar-refractivity contribution in [3.8, 4) is 17.2 Å². The van der Waals surface area contributed by atoms with Crippen molar-refractivity contribution in [3.05, 3.63) is 50.4 Å². The van der Waals surface area contributed by atoms with E-state index < -0.39 is 0 Å². The Morgan fingerprint density at radius 1 is 1.05 bits per heavy atom. The van der Waals surface area contributed by atoms with Crippen LogP contribution in [0.1, 0.15) is 11.1 Å². The van der Waals surface area contributed by atoms with Crippen LogP contribution in [0.2, 0.25) is 0 Å². The van der Waals surface area contributed by atoms with Gasteiger partial charge >= 0.3 is 0 Å². The molecule has 0 bridgehead atoms. The molecule has 0 fully saturated rings. The van der Waals surface area contributed by atoms with Gasteiger partial charge in [0.05, 0.1) is 16.1 Å². The van der Waals surface area contributed by atoms with Crippen molar-refractivity contribution in [2.75, 3.05) is 14.2 Å². The maximum atomic E-state index is 5.95. The van der Waals surface area contributed by atoms with Gasteiger partial charge in [0.15, 0.2) is 0 Å². The smallest absolute Gasteiger partial charge is 0.143 e. The summed E-state index contributed by atoms with van der Waals surface area (Å²) in [7, 11) is 3.58. The number of benzene rings is 2. The van der Waals surface area contributed by atoms with Gasteiger partial charge in [0, 0.05) is 6.54 Å². The number of ether oxygens (including phenoxy) is 2. The third-order valence-corrected chi connectivity index (χ3v) is 4.35. The minimum Gasteiger partial charge on any atom is -0.496 e. The van der Waals surface area contributed by atoms with E-state index in [2.05, 4.69) is 50.2 Å². The Labute approximate surface area is 141 Å². The Kier molecular flexibility index (Phi) is 5.67. The number of methoxy groups -OCH3 is 1. The highest BCUT2D eigenvalue weighted by Crippen LogP contribution is 2.38. The van der Waals surface area contributed by atoms with Gasteiger partial charge in [-0.3, -0.25) is 0 Å². The number of aryl methyl sites for hydroxylation is 1. The fraction of sp³-hybridized carbons (Fsp3) is 0.250. The SMILES string of the molecule is CNCc1ccc(Oc2cc(Br)c(OC)cc2Br)cc1C. The molecule has 0 aromatic heterocycles. The maximum Gasteiger partial charge on any atom is 0.143 e. The molecule has 0 aliphatic carbocycles. The summed E-state index contributed by atoms with van der Waals surface area (Å²) in [5.74, 6) is 2.31. The zero-order valence-corrected chi connectivity index (χ0v) is 15.3.